The number of carbonyl (C=O) groups is 5. The summed E-state index contributed by atoms with van der Waals surface area (Å²) in [6.07, 6.45) is 10.0. The molecule has 5 aliphatic rings. The second-order valence-corrected chi connectivity index (χ2v) is 13.1. The van der Waals surface area contributed by atoms with E-state index in [0.717, 1.165) is 37.7 Å². The van der Waals surface area contributed by atoms with Crippen LogP contribution in [0.15, 0.2) is 11.6 Å². The first kappa shape index (κ1) is 28.0. The lowest BCUT2D eigenvalue weighted by Gasteiger charge is -2.57. The maximum Gasteiger partial charge on any atom is 0.509 e. The predicted molar refractivity (Wildman–Crippen MR) is 140 cm³/mol. The fourth-order valence-corrected chi connectivity index (χ4v) is 9.19. The van der Waals surface area contributed by atoms with E-state index in [1.165, 1.54) is 20.0 Å². The van der Waals surface area contributed by atoms with Gasteiger partial charge in [-0.3, -0.25) is 19.2 Å². The van der Waals surface area contributed by atoms with Crippen molar-refractivity contribution >= 4 is 29.5 Å². The Morgan fingerprint density at radius 2 is 1.74 bits per heavy atom. The number of fused-ring (bicyclic) bond motifs is 5. The number of carbonyl (C=O) groups excluding carboxylic acids is 5. The second kappa shape index (κ2) is 10.5. The molecule has 0 amide bonds. The van der Waals surface area contributed by atoms with Gasteiger partial charge in [0.1, 0.15) is 5.78 Å². The molecule has 0 N–H and O–H groups in total. The zero-order valence-electron chi connectivity index (χ0n) is 23.6. The summed E-state index contributed by atoms with van der Waals surface area (Å²) in [5.74, 6) is -0.405. The Labute approximate surface area is 230 Å². The molecule has 0 spiro atoms. The molecule has 8 heteroatoms. The summed E-state index contributed by atoms with van der Waals surface area (Å²) in [4.78, 5) is 65.0. The first-order valence-corrected chi connectivity index (χ1v) is 14.8. The maximum absolute atomic E-state index is 14.0. The summed E-state index contributed by atoms with van der Waals surface area (Å²) in [5.41, 5.74) is -1.82. The standard InChI is InChI=1S/C31H42O8/c1-29-14-12-21(32)16-20(29)9-10-22-23-13-15-31(39-28(36)37-3,30(23,2)17-24(33)27(22)29)25(34)18-38-26(35)11-8-19-6-4-5-7-19/h16,19,22-23,27H,4-15,17-18H2,1-3H3/t22-,23-,27+,29-,30-,31-/m0/s1. The minimum Gasteiger partial charge on any atom is -0.457 e. The van der Waals surface area contributed by atoms with Crippen LogP contribution in [0.1, 0.15) is 97.3 Å². The van der Waals surface area contributed by atoms with E-state index in [9.17, 15) is 24.0 Å². The Morgan fingerprint density at radius 3 is 2.46 bits per heavy atom. The van der Waals surface area contributed by atoms with Crippen LogP contribution in [0.4, 0.5) is 4.79 Å². The van der Waals surface area contributed by atoms with E-state index in [1.54, 1.807) is 6.08 Å². The fraction of sp³-hybridized carbons (Fsp3) is 0.774. The van der Waals surface area contributed by atoms with Gasteiger partial charge in [0.15, 0.2) is 18.0 Å². The SMILES string of the molecule is COC(=O)O[C@]1(C(=O)COC(=O)CCC2CCCC2)CC[C@H]2[C@@H]3CCC4=CC(=O)CC[C@]4(C)[C@H]3C(=O)C[C@@]21C. The van der Waals surface area contributed by atoms with Crippen LogP contribution in [0.5, 0.6) is 0 Å². The van der Waals surface area contributed by atoms with Crippen molar-refractivity contribution in [1.82, 2.24) is 0 Å². The lowest BCUT2D eigenvalue weighted by molar-refractivity contribution is -0.177. The molecule has 0 saturated heterocycles. The normalized spacial score (nSPS) is 37.8. The summed E-state index contributed by atoms with van der Waals surface area (Å²) in [5, 5.41) is 0. The Hall–Kier alpha value is -2.51. The lowest BCUT2D eigenvalue weighted by Crippen LogP contribution is -2.62. The molecule has 5 rings (SSSR count). The smallest absolute Gasteiger partial charge is 0.457 e. The Balaban J connectivity index is 1.37. The number of allylic oxidation sites excluding steroid dienone is 1. The van der Waals surface area contributed by atoms with Crippen LogP contribution in [0.2, 0.25) is 0 Å². The highest BCUT2D eigenvalue weighted by atomic mass is 16.7. The van der Waals surface area contributed by atoms with E-state index in [-0.39, 0.29) is 54.0 Å². The maximum atomic E-state index is 14.0. The molecule has 0 heterocycles. The van der Waals surface area contributed by atoms with Gasteiger partial charge in [-0.2, -0.15) is 0 Å². The van der Waals surface area contributed by atoms with Crippen LogP contribution < -0.4 is 0 Å². The number of Topliss-reactive ketones (excluding diaryl/α,β-unsaturated/α-hetero) is 2. The molecule has 8 nitrogen and oxygen atoms in total. The molecule has 39 heavy (non-hydrogen) atoms. The summed E-state index contributed by atoms with van der Waals surface area (Å²) in [6.45, 7) is 3.52. The molecular weight excluding hydrogens is 500 g/mol. The highest BCUT2D eigenvalue weighted by Crippen LogP contribution is 2.67. The number of hydrogen-bond acceptors (Lipinski definition) is 8. The number of ketones is 3. The molecule has 4 fully saturated rings. The van der Waals surface area contributed by atoms with E-state index in [1.807, 2.05) is 6.92 Å². The predicted octanol–water partition coefficient (Wildman–Crippen LogP) is 5.30. The van der Waals surface area contributed by atoms with Crippen LogP contribution in [0.25, 0.3) is 0 Å². The molecular formula is C31H42O8. The molecule has 0 radical (unpaired) electrons. The summed E-state index contributed by atoms with van der Waals surface area (Å²) in [6, 6.07) is 0. The second-order valence-electron chi connectivity index (χ2n) is 13.1. The van der Waals surface area contributed by atoms with Crippen molar-refractivity contribution in [2.45, 2.75) is 103 Å². The molecule has 214 valence electrons. The van der Waals surface area contributed by atoms with Crippen molar-refractivity contribution in [3.05, 3.63) is 11.6 Å². The highest BCUT2D eigenvalue weighted by molar-refractivity contribution is 5.96. The average molecular weight is 543 g/mol. The lowest BCUT2D eigenvalue weighted by atomic mass is 9.46. The van der Waals surface area contributed by atoms with Crippen molar-refractivity contribution in [2.75, 3.05) is 13.7 Å². The van der Waals surface area contributed by atoms with Gasteiger partial charge < -0.3 is 14.2 Å². The van der Waals surface area contributed by atoms with Gasteiger partial charge in [-0.1, -0.05) is 45.1 Å². The Bertz CT molecular complexity index is 1090. The summed E-state index contributed by atoms with van der Waals surface area (Å²) < 4.78 is 16.1. The van der Waals surface area contributed by atoms with Crippen LogP contribution in [0, 0.1) is 34.5 Å². The topological polar surface area (TPSA) is 113 Å². The van der Waals surface area contributed by atoms with Gasteiger partial charge in [0.2, 0.25) is 5.78 Å². The van der Waals surface area contributed by atoms with E-state index in [4.69, 9.17) is 14.2 Å². The molecule has 0 aromatic rings. The highest BCUT2D eigenvalue weighted by Gasteiger charge is 2.71. The molecule has 0 aliphatic heterocycles. The zero-order valence-corrected chi connectivity index (χ0v) is 23.6. The van der Waals surface area contributed by atoms with Crippen LogP contribution in [-0.4, -0.2) is 48.8 Å². The number of ether oxygens (including phenoxy) is 3. The third-order valence-corrected chi connectivity index (χ3v) is 11.2. The minimum atomic E-state index is -1.60. The number of rotatable bonds is 7. The fourth-order valence-electron chi connectivity index (χ4n) is 9.19. The summed E-state index contributed by atoms with van der Waals surface area (Å²) in [7, 11) is 1.20. The molecule has 0 aromatic heterocycles. The van der Waals surface area contributed by atoms with Gasteiger partial charge in [0.25, 0.3) is 0 Å². The van der Waals surface area contributed by atoms with Crippen molar-refractivity contribution in [3.63, 3.8) is 0 Å². The number of esters is 1. The van der Waals surface area contributed by atoms with Gasteiger partial charge in [0, 0.05) is 30.6 Å². The van der Waals surface area contributed by atoms with Gasteiger partial charge >= 0.3 is 12.1 Å². The van der Waals surface area contributed by atoms with Crippen molar-refractivity contribution in [1.29, 1.82) is 0 Å². The van der Waals surface area contributed by atoms with E-state index >= 15 is 0 Å². The van der Waals surface area contributed by atoms with Gasteiger partial charge in [-0.25, -0.2) is 4.79 Å². The molecule has 0 aromatic carbocycles. The van der Waals surface area contributed by atoms with Gasteiger partial charge in [-0.05, 0) is 67.8 Å². The van der Waals surface area contributed by atoms with Crippen LogP contribution >= 0.6 is 0 Å². The van der Waals surface area contributed by atoms with Crippen molar-refractivity contribution in [2.24, 2.45) is 34.5 Å². The monoisotopic (exact) mass is 542 g/mol. The largest absolute Gasteiger partial charge is 0.509 e. The van der Waals surface area contributed by atoms with E-state index in [2.05, 4.69) is 6.92 Å². The Morgan fingerprint density at radius 1 is 1.00 bits per heavy atom. The van der Waals surface area contributed by atoms with E-state index in [0.29, 0.717) is 25.2 Å². The molecule has 0 unspecified atom stereocenters. The molecule has 5 aliphatic carbocycles. The van der Waals surface area contributed by atoms with Gasteiger partial charge in [-0.15, -0.1) is 0 Å². The third kappa shape index (κ3) is 4.65. The molecule has 4 saturated carbocycles. The first-order valence-electron chi connectivity index (χ1n) is 14.8. The molecule has 6 atom stereocenters. The first-order chi connectivity index (χ1) is 18.5. The number of methoxy groups -OCH3 is 1. The Kier molecular flexibility index (Phi) is 7.53. The van der Waals surface area contributed by atoms with Crippen molar-refractivity contribution < 1.29 is 38.2 Å². The quantitative estimate of drug-likeness (QED) is 0.398. The summed E-state index contributed by atoms with van der Waals surface area (Å²) >= 11 is 0. The minimum absolute atomic E-state index is 0.0245. The average Bonchev–Trinajstić information content (AvgIpc) is 3.52. The van der Waals surface area contributed by atoms with Crippen LogP contribution in [-0.2, 0) is 33.4 Å². The van der Waals surface area contributed by atoms with Crippen LogP contribution in [0.3, 0.4) is 0 Å². The van der Waals surface area contributed by atoms with E-state index < -0.39 is 35.5 Å². The third-order valence-electron chi connectivity index (χ3n) is 11.2. The zero-order chi connectivity index (χ0) is 28.0. The van der Waals surface area contributed by atoms with Gasteiger partial charge in [0.05, 0.1) is 7.11 Å². The molecule has 0 bridgehead atoms. The van der Waals surface area contributed by atoms with Crippen molar-refractivity contribution in [3.8, 4) is 0 Å². The number of hydrogen-bond donors (Lipinski definition) is 0.